The molecule has 4 aliphatic heterocycles. The number of halogens is 1. The second-order valence-corrected chi connectivity index (χ2v) is 16.1. The summed E-state index contributed by atoms with van der Waals surface area (Å²) >= 11 is 0. The Morgan fingerprint density at radius 3 is 2.41 bits per heavy atom. The fourth-order valence-corrected chi connectivity index (χ4v) is 8.97. The molecule has 14 heteroatoms. The van der Waals surface area contributed by atoms with Crippen molar-refractivity contribution in [1.82, 2.24) is 9.80 Å². The lowest BCUT2D eigenvalue weighted by Gasteiger charge is -2.47. The molecule has 1 aromatic carbocycles. The summed E-state index contributed by atoms with van der Waals surface area (Å²) in [7, 11) is 3.74. The summed E-state index contributed by atoms with van der Waals surface area (Å²) in [5.74, 6) is -4.76. The molecule has 0 aromatic heterocycles. The van der Waals surface area contributed by atoms with Crippen molar-refractivity contribution in [2.45, 2.75) is 115 Å². The van der Waals surface area contributed by atoms with Gasteiger partial charge in [0.1, 0.15) is 17.8 Å². The smallest absolute Gasteiger partial charge is 0.411 e. The Morgan fingerprint density at radius 1 is 1.07 bits per heavy atom. The van der Waals surface area contributed by atoms with E-state index in [0.717, 1.165) is 11.3 Å². The van der Waals surface area contributed by atoms with Gasteiger partial charge in [-0.25, -0.2) is 9.18 Å². The number of esters is 1. The number of aliphatic imine (C=N–C) groups is 1. The first-order valence-electron chi connectivity index (χ1n) is 19.0. The normalized spacial score (nSPS) is 39.6. The monoisotopic (exact) mass is 759 g/mol. The van der Waals surface area contributed by atoms with E-state index in [1.807, 2.05) is 46.7 Å². The van der Waals surface area contributed by atoms with E-state index in [1.54, 1.807) is 43.0 Å². The molecule has 3 fully saturated rings. The van der Waals surface area contributed by atoms with Crippen molar-refractivity contribution in [3.8, 4) is 0 Å². The van der Waals surface area contributed by atoms with Crippen molar-refractivity contribution in [3.63, 3.8) is 0 Å². The fraction of sp³-hybridized carbons (Fsp3) is 0.700. The molecule has 1 aromatic rings. The predicted molar refractivity (Wildman–Crippen MR) is 198 cm³/mol. The van der Waals surface area contributed by atoms with E-state index in [-0.39, 0.29) is 43.5 Å². The standard InChI is InChI=1S/C40H58FN3O10/c1-22-20-39(6,50-18-10-11-27-12-14-28(41)15-13-27)35(53-37-33(47)29(43(8)9)19-23(2)51-37)25(4)32(46)26(5)36(48)52-30(21-45)40(7)34-24(3)31(22)42-16-17-44(34)38(49)54-40/h10-15,22-26,29-30,33-35,37,45,47H,16-21H2,1-9H3/b11-10+/t22-,23+,24+,25+,26-,29-,30-,33?,34-,35-,37-,39+,40-/m1/s1. The van der Waals surface area contributed by atoms with Crippen molar-refractivity contribution >= 4 is 29.6 Å². The fourth-order valence-electron chi connectivity index (χ4n) is 8.97. The van der Waals surface area contributed by atoms with E-state index >= 15 is 0 Å². The maximum absolute atomic E-state index is 14.4. The lowest BCUT2D eigenvalue weighted by atomic mass is 9.73. The second kappa shape index (κ2) is 16.8. The zero-order chi connectivity index (χ0) is 39.7. The molecule has 13 nitrogen and oxygen atoms in total. The van der Waals surface area contributed by atoms with Gasteiger partial charge in [0.25, 0.3) is 0 Å². The molecular weight excluding hydrogens is 701 g/mol. The van der Waals surface area contributed by atoms with Crippen molar-refractivity contribution in [1.29, 1.82) is 0 Å². The van der Waals surface area contributed by atoms with Crippen LogP contribution >= 0.6 is 0 Å². The van der Waals surface area contributed by atoms with Crippen LogP contribution in [0.25, 0.3) is 6.08 Å². The van der Waals surface area contributed by atoms with Gasteiger partial charge in [-0.1, -0.05) is 45.1 Å². The number of hydrogen-bond donors (Lipinski definition) is 2. The number of ketones is 1. The number of aliphatic hydroxyl groups excluding tert-OH is 2. The minimum Gasteiger partial charge on any atom is -0.455 e. The van der Waals surface area contributed by atoms with Crippen molar-refractivity contribution in [2.24, 2.45) is 28.7 Å². The average molecular weight is 760 g/mol. The molecule has 5 rings (SSSR count). The minimum absolute atomic E-state index is 0.0702. The molecule has 0 saturated carbocycles. The van der Waals surface area contributed by atoms with Gasteiger partial charge in [-0.05, 0) is 78.2 Å². The number of hydrogen-bond acceptors (Lipinski definition) is 12. The van der Waals surface area contributed by atoms with Crippen LogP contribution in [-0.4, -0.2) is 138 Å². The van der Waals surface area contributed by atoms with Gasteiger partial charge in [-0.2, -0.15) is 0 Å². The van der Waals surface area contributed by atoms with E-state index in [0.29, 0.717) is 13.0 Å². The molecule has 13 atom stereocenters. The maximum atomic E-state index is 14.4. The van der Waals surface area contributed by atoms with Crippen LogP contribution in [0, 0.1) is 29.5 Å². The summed E-state index contributed by atoms with van der Waals surface area (Å²) in [6.07, 6.45) is -0.991. The van der Waals surface area contributed by atoms with Crippen molar-refractivity contribution in [2.75, 3.05) is 40.4 Å². The number of aliphatic hydroxyl groups is 2. The number of fused-ring (bicyclic) bond motifs is 1. The molecule has 2 bridgehead atoms. The highest BCUT2D eigenvalue weighted by molar-refractivity contribution is 6.00. The number of carbonyl (C=O) groups is 3. The molecule has 1 amide bonds. The van der Waals surface area contributed by atoms with Crippen molar-refractivity contribution < 1.29 is 52.7 Å². The second-order valence-electron chi connectivity index (χ2n) is 16.1. The maximum Gasteiger partial charge on any atom is 0.411 e. The summed E-state index contributed by atoms with van der Waals surface area (Å²) in [6.45, 7) is 12.4. The van der Waals surface area contributed by atoms with Crippen LogP contribution in [-0.2, 0) is 33.3 Å². The summed E-state index contributed by atoms with van der Waals surface area (Å²) in [6, 6.07) is 5.08. The van der Waals surface area contributed by atoms with Crippen LogP contribution in [0.2, 0.25) is 0 Å². The Kier molecular flexibility index (Phi) is 13.1. The molecule has 0 radical (unpaired) electrons. The number of rotatable bonds is 8. The Balaban J connectivity index is 1.60. The summed E-state index contributed by atoms with van der Waals surface area (Å²) in [5, 5.41) is 22.2. The van der Waals surface area contributed by atoms with E-state index in [2.05, 4.69) is 0 Å². The van der Waals surface area contributed by atoms with E-state index in [1.165, 1.54) is 19.1 Å². The number of Topliss-reactive ketones (excluding diaryl/α,β-unsaturated/α-hetero) is 1. The molecule has 2 N–H and O–H groups in total. The Hall–Kier alpha value is -3.27. The zero-order valence-electron chi connectivity index (χ0n) is 32.9. The van der Waals surface area contributed by atoms with E-state index in [4.69, 9.17) is 28.7 Å². The van der Waals surface area contributed by atoms with Crippen LogP contribution in [0.5, 0.6) is 0 Å². The molecule has 3 saturated heterocycles. The van der Waals surface area contributed by atoms with Gasteiger partial charge in [-0.15, -0.1) is 0 Å². The Morgan fingerprint density at radius 2 is 1.76 bits per heavy atom. The first-order valence-corrected chi connectivity index (χ1v) is 19.0. The number of amides is 1. The first-order chi connectivity index (χ1) is 25.4. The molecular formula is C40H58FN3O10. The Bertz CT molecular complexity index is 1570. The highest BCUT2D eigenvalue weighted by Gasteiger charge is 2.61. The summed E-state index contributed by atoms with van der Waals surface area (Å²) < 4.78 is 45.1. The largest absolute Gasteiger partial charge is 0.455 e. The average Bonchev–Trinajstić information content (AvgIpc) is 3.25. The third-order valence-corrected chi connectivity index (χ3v) is 11.9. The SMILES string of the molecule is C[C@H]1C(=O)O[C@H](CO)[C@@]2(C)OC(=O)N3CCN=C([C@H](C)C[C@](C)(OC/C=C/c4ccc(F)cc4)[C@H](O[C@H]4O[C@@H](C)C[C@@H](N(C)C)C4O)[C@@H](C)C1=O)[C@H](C)[C@@H]32. The number of nitrogens with zero attached hydrogens (tertiary/aromatic N) is 3. The van der Waals surface area contributed by atoms with Gasteiger partial charge < -0.3 is 38.8 Å². The molecule has 54 heavy (non-hydrogen) atoms. The highest BCUT2D eigenvalue weighted by Crippen LogP contribution is 2.43. The van der Waals surface area contributed by atoms with Crippen LogP contribution < -0.4 is 0 Å². The quantitative estimate of drug-likeness (QED) is 0.293. The third kappa shape index (κ3) is 8.43. The number of likely N-dealkylation sites (N-methyl/N-ethyl adjacent to an activating group) is 1. The lowest BCUT2D eigenvalue weighted by molar-refractivity contribution is -0.296. The third-order valence-electron chi connectivity index (χ3n) is 11.9. The minimum atomic E-state index is -1.45. The van der Waals surface area contributed by atoms with Crippen molar-refractivity contribution in [3.05, 3.63) is 41.7 Å². The van der Waals surface area contributed by atoms with E-state index < -0.39 is 84.1 Å². The number of benzene rings is 1. The van der Waals surface area contributed by atoms with Gasteiger partial charge in [0, 0.05) is 30.1 Å². The zero-order valence-corrected chi connectivity index (χ0v) is 32.9. The first kappa shape index (κ1) is 41.9. The lowest BCUT2D eigenvalue weighted by Crippen LogP contribution is -2.60. The van der Waals surface area contributed by atoms with Crippen LogP contribution in [0.4, 0.5) is 9.18 Å². The van der Waals surface area contributed by atoms with Gasteiger partial charge in [0.2, 0.25) is 0 Å². The molecule has 4 aliphatic rings. The summed E-state index contributed by atoms with van der Waals surface area (Å²) in [5.41, 5.74) is -1.18. The van der Waals surface area contributed by atoms with Gasteiger partial charge >= 0.3 is 12.1 Å². The molecule has 0 aliphatic carbocycles. The number of carbonyl (C=O) groups excluding carboxylic acids is 3. The predicted octanol–water partition coefficient (Wildman–Crippen LogP) is 3.88. The van der Waals surface area contributed by atoms with Gasteiger partial charge in [-0.3, -0.25) is 19.5 Å². The number of cyclic esters (lactones) is 1. The van der Waals surface area contributed by atoms with Crippen LogP contribution in [0.1, 0.15) is 66.9 Å². The van der Waals surface area contributed by atoms with E-state index in [9.17, 15) is 29.0 Å². The van der Waals surface area contributed by atoms with Crippen LogP contribution in [0.3, 0.4) is 0 Å². The molecule has 4 heterocycles. The number of ether oxygens (including phenoxy) is 5. The molecule has 0 spiro atoms. The highest BCUT2D eigenvalue weighted by atomic mass is 19.1. The van der Waals surface area contributed by atoms with Gasteiger partial charge in [0.05, 0.1) is 43.6 Å². The molecule has 1 unspecified atom stereocenters. The molecule has 300 valence electrons. The topological polar surface area (TPSA) is 157 Å². The summed E-state index contributed by atoms with van der Waals surface area (Å²) in [4.78, 5) is 50.0. The van der Waals surface area contributed by atoms with Crippen LogP contribution in [0.15, 0.2) is 35.3 Å². The Labute approximate surface area is 317 Å². The van der Waals surface area contributed by atoms with Gasteiger partial charge in [0.15, 0.2) is 23.8 Å².